The van der Waals surface area contributed by atoms with Gasteiger partial charge < -0.3 is 9.64 Å². The molecule has 3 heteroatoms. The fraction of sp³-hybridized carbons (Fsp3) is 0.632. The molecule has 1 spiro atoms. The summed E-state index contributed by atoms with van der Waals surface area (Å²) in [4.78, 5) is 15.0. The maximum absolute atomic E-state index is 12.9. The predicted octanol–water partition coefficient (Wildman–Crippen LogP) is 3.66. The summed E-state index contributed by atoms with van der Waals surface area (Å²) in [6.07, 6.45) is 7.84. The van der Waals surface area contributed by atoms with Crippen LogP contribution in [0.3, 0.4) is 0 Å². The van der Waals surface area contributed by atoms with Crippen molar-refractivity contribution in [3.05, 3.63) is 29.8 Å². The van der Waals surface area contributed by atoms with E-state index in [0.717, 1.165) is 32.6 Å². The molecule has 22 heavy (non-hydrogen) atoms. The lowest BCUT2D eigenvalue weighted by atomic mass is 9.81. The molecule has 1 amide bonds. The Kier molecular flexibility index (Phi) is 3.69. The molecule has 3 aliphatic rings. The Hall–Kier alpha value is -1.35. The minimum Gasteiger partial charge on any atom is -0.381 e. The van der Waals surface area contributed by atoms with Crippen LogP contribution in [0.25, 0.3) is 0 Å². The van der Waals surface area contributed by atoms with Crippen LogP contribution < -0.4 is 4.90 Å². The minimum absolute atomic E-state index is 0.252. The van der Waals surface area contributed by atoms with Crippen molar-refractivity contribution in [2.45, 2.75) is 50.4 Å². The van der Waals surface area contributed by atoms with Crippen LogP contribution in [0.1, 0.15) is 50.5 Å². The molecule has 0 unspecified atom stereocenters. The first-order valence-corrected chi connectivity index (χ1v) is 8.76. The summed E-state index contributed by atoms with van der Waals surface area (Å²) >= 11 is 0. The summed E-state index contributed by atoms with van der Waals surface area (Å²) in [6, 6.07) is 8.60. The summed E-state index contributed by atoms with van der Waals surface area (Å²) in [6.45, 7) is 2.55. The fourth-order valence-corrected chi connectivity index (χ4v) is 4.64. The number of ether oxygens (including phenoxy) is 1. The molecular formula is C19H25NO2. The number of carbonyl (C=O) groups is 1. The van der Waals surface area contributed by atoms with Crippen molar-refractivity contribution in [2.24, 2.45) is 5.92 Å². The van der Waals surface area contributed by atoms with Crippen LogP contribution >= 0.6 is 0 Å². The van der Waals surface area contributed by atoms with E-state index in [1.165, 1.54) is 36.9 Å². The monoisotopic (exact) mass is 299 g/mol. The van der Waals surface area contributed by atoms with E-state index in [-0.39, 0.29) is 5.41 Å². The van der Waals surface area contributed by atoms with E-state index >= 15 is 0 Å². The second kappa shape index (κ2) is 5.69. The molecule has 2 fully saturated rings. The zero-order valence-corrected chi connectivity index (χ0v) is 13.2. The van der Waals surface area contributed by atoms with Crippen LogP contribution in [0.5, 0.6) is 0 Å². The highest BCUT2D eigenvalue weighted by Crippen LogP contribution is 2.50. The molecule has 2 heterocycles. The van der Waals surface area contributed by atoms with Gasteiger partial charge >= 0.3 is 0 Å². The largest absolute Gasteiger partial charge is 0.381 e. The summed E-state index contributed by atoms with van der Waals surface area (Å²) in [7, 11) is 0. The van der Waals surface area contributed by atoms with Gasteiger partial charge in [-0.2, -0.15) is 0 Å². The van der Waals surface area contributed by atoms with Gasteiger partial charge in [0.2, 0.25) is 5.91 Å². The number of benzene rings is 1. The molecule has 4 rings (SSSR count). The summed E-state index contributed by atoms with van der Waals surface area (Å²) < 4.78 is 5.41. The topological polar surface area (TPSA) is 29.5 Å². The van der Waals surface area contributed by atoms with Gasteiger partial charge in [-0.3, -0.25) is 4.79 Å². The second-order valence-electron chi connectivity index (χ2n) is 7.24. The maximum Gasteiger partial charge on any atom is 0.227 e. The molecule has 1 aromatic carbocycles. The van der Waals surface area contributed by atoms with E-state index in [9.17, 15) is 4.79 Å². The first kappa shape index (κ1) is 14.3. The lowest BCUT2D eigenvalue weighted by Gasteiger charge is -2.27. The van der Waals surface area contributed by atoms with E-state index in [1.54, 1.807) is 0 Å². The van der Waals surface area contributed by atoms with Gasteiger partial charge in [0.15, 0.2) is 0 Å². The Morgan fingerprint density at radius 2 is 1.91 bits per heavy atom. The van der Waals surface area contributed by atoms with Crippen LogP contribution in [-0.2, 0) is 14.9 Å². The van der Waals surface area contributed by atoms with Gasteiger partial charge in [-0.15, -0.1) is 0 Å². The molecule has 0 aromatic heterocycles. The number of nitrogens with zero attached hydrogens (tertiary/aromatic N) is 1. The molecule has 0 atom stereocenters. The van der Waals surface area contributed by atoms with Crippen molar-refractivity contribution in [3.8, 4) is 0 Å². The smallest absolute Gasteiger partial charge is 0.227 e. The van der Waals surface area contributed by atoms with Crippen molar-refractivity contribution in [1.29, 1.82) is 0 Å². The van der Waals surface area contributed by atoms with Gasteiger partial charge in [0.1, 0.15) is 0 Å². The van der Waals surface area contributed by atoms with Crippen LogP contribution in [0.4, 0.5) is 5.69 Å². The Morgan fingerprint density at radius 3 is 2.68 bits per heavy atom. The summed E-state index contributed by atoms with van der Waals surface area (Å²) in [5.74, 6) is 0.830. The van der Waals surface area contributed by atoms with Crippen molar-refractivity contribution >= 4 is 11.6 Å². The average molecular weight is 299 g/mol. The SMILES string of the molecule is O=C(CC1CCOCC1)N1CC2(CCCC2)c2ccccc21. The van der Waals surface area contributed by atoms with Gasteiger partial charge in [0.05, 0.1) is 0 Å². The number of anilines is 1. The molecule has 1 aliphatic carbocycles. The van der Waals surface area contributed by atoms with Crippen LogP contribution in [0.2, 0.25) is 0 Å². The van der Waals surface area contributed by atoms with Gasteiger partial charge in [0, 0.05) is 37.3 Å². The highest BCUT2D eigenvalue weighted by atomic mass is 16.5. The molecule has 0 bridgehead atoms. The lowest BCUT2D eigenvalue weighted by molar-refractivity contribution is -0.120. The number of hydrogen-bond acceptors (Lipinski definition) is 2. The number of amides is 1. The van der Waals surface area contributed by atoms with E-state index in [1.807, 2.05) is 0 Å². The van der Waals surface area contributed by atoms with Crippen LogP contribution in [0.15, 0.2) is 24.3 Å². The number of fused-ring (bicyclic) bond motifs is 2. The first-order chi connectivity index (χ1) is 10.8. The summed E-state index contributed by atoms with van der Waals surface area (Å²) in [5, 5.41) is 0. The van der Waals surface area contributed by atoms with Gasteiger partial charge in [-0.05, 0) is 43.2 Å². The van der Waals surface area contributed by atoms with E-state index in [4.69, 9.17) is 4.74 Å². The molecule has 118 valence electrons. The predicted molar refractivity (Wildman–Crippen MR) is 87.1 cm³/mol. The molecule has 0 N–H and O–H groups in total. The number of carbonyl (C=O) groups excluding carboxylic acids is 1. The average Bonchev–Trinajstić information content (AvgIpc) is 3.15. The Balaban J connectivity index is 1.56. The molecule has 1 saturated carbocycles. The third-order valence-corrected chi connectivity index (χ3v) is 5.89. The Bertz CT molecular complexity index is 556. The summed E-state index contributed by atoms with van der Waals surface area (Å²) in [5.41, 5.74) is 2.86. The van der Waals surface area contributed by atoms with E-state index in [2.05, 4.69) is 29.2 Å². The van der Waals surface area contributed by atoms with Crippen molar-refractivity contribution in [1.82, 2.24) is 0 Å². The second-order valence-corrected chi connectivity index (χ2v) is 7.24. The highest BCUT2D eigenvalue weighted by molar-refractivity contribution is 5.96. The molecular weight excluding hydrogens is 274 g/mol. The van der Waals surface area contributed by atoms with E-state index < -0.39 is 0 Å². The standard InChI is InChI=1S/C19H25NO2/c21-18(13-15-7-11-22-12-8-15)20-14-19(9-3-4-10-19)16-5-1-2-6-17(16)20/h1-2,5-6,15H,3-4,7-14H2. The number of para-hydroxylation sites is 1. The molecule has 1 saturated heterocycles. The number of hydrogen-bond donors (Lipinski definition) is 0. The van der Waals surface area contributed by atoms with E-state index in [0.29, 0.717) is 18.2 Å². The van der Waals surface area contributed by atoms with Crippen LogP contribution in [-0.4, -0.2) is 25.7 Å². The first-order valence-electron chi connectivity index (χ1n) is 8.76. The minimum atomic E-state index is 0.252. The third-order valence-electron chi connectivity index (χ3n) is 5.89. The molecule has 0 radical (unpaired) electrons. The third kappa shape index (κ3) is 2.36. The number of rotatable bonds is 2. The van der Waals surface area contributed by atoms with Gasteiger partial charge in [-0.25, -0.2) is 0 Å². The fourth-order valence-electron chi connectivity index (χ4n) is 4.64. The Morgan fingerprint density at radius 1 is 1.18 bits per heavy atom. The van der Waals surface area contributed by atoms with Gasteiger partial charge in [0.25, 0.3) is 0 Å². The maximum atomic E-state index is 12.9. The van der Waals surface area contributed by atoms with Crippen LogP contribution in [0, 0.1) is 5.92 Å². The molecule has 1 aromatic rings. The quantitative estimate of drug-likeness (QED) is 0.834. The molecule has 3 nitrogen and oxygen atoms in total. The van der Waals surface area contributed by atoms with Gasteiger partial charge in [-0.1, -0.05) is 31.0 Å². The highest BCUT2D eigenvalue weighted by Gasteiger charge is 2.46. The molecule has 2 aliphatic heterocycles. The zero-order chi connectivity index (χ0) is 15.0. The van der Waals surface area contributed by atoms with Crippen molar-refractivity contribution < 1.29 is 9.53 Å². The lowest BCUT2D eigenvalue weighted by Crippen LogP contribution is -2.37. The van der Waals surface area contributed by atoms with Crippen molar-refractivity contribution in [2.75, 3.05) is 24.7 Å². The van der Waals surface area contributed by atoms with Crippen molar-refractivity contribution in [3.63, 3.8) is 0 Å². The Labute approximate surface area is 132 Å². The normalized spacial score (nSPS) is 23.9. The zero-order valence-electron chi connectivity index (χ0n) is 13.2.